The summed E-state index contributed by atoms with van der Waals surface area (Å²) in [6, 6.07) is 11.9. The first-order valence-corrected chi connectivity index (χ1v) is 13.9. The lowest BCUT2D eigenvalue weighted by Crippen LogP contribution is -2.45. The number of benzene rings is 2. The Morgan fingerprint density at radius 2 is 1.57 bits per heavy atom. The number of amides is 2. The Bertz CT molecular complexity index is 1440. The van der Waals surface area contributed by atoms with Gasteiger partial charge in [0.25, 0.3) is 5.91 Å². The van der Waals surface area contributed by atoms with Gasteiger partial charge in [0, 0.05) is 85.6 Å². The molecule has 0 radical (unpaired) electrons. The van der Waals surface area contributed by atoms with Crippen molar-refractivity contribution in [1.29, 1.82) is 0 Å². The molecule has 1 unspecified atom stereocenters. The maximum atomic E-state index is 15.3. The van der Waals surface area contributed by atoms with Gasteiger partial charge in [-0.15, -0.1) is 0 Å². The van der Waals surface area contributed by atoms with E-state index in [9.17, 15) is 9.59 Å². The van der Waals surface area contributed by atoms with Crippen LogP contribution in [0.15, 0.2) is 48.5 Å². The number of halogens is 3. The van der Waals surface area contributed by atoms with Crippen molar-refractivity contribution in [2.75, 3.05) is 70.3 Å². The van der Waals surface area contributed by atoms with E-state index in [1.54, 1.807) is 36.4 Å². The summed E-state index contributed by atoms with van der Waals surface area (Å²) in [6.07, 6.45) is 0. The molecular weight excluding hydrogens is 568 g/mol. The van der Waals surface area contributed by atoms with Crippen LogP contribution in [0.5, 0.6) is 11.5 Å². The third-order valence-corrected chi connectivity index (χ3v) is 8.06. The van der Waals surface area contributed by atoms with Gasteiger partial charge in [0.1, 0.15) is 34.8 Å². The van der Waals surface area contributed by atoms with E-state index in [2.05, 4.69) is 15.1 Å². The van der Waals surface area contributed by atoms with Crippen molar-refractivity contribution in [1.82, 2.24) is 15.2 Å². The Morgan fingerprint density at radius 3 is 2.19 bits per heavy atom. The Hall–Kier alpha value is -3.96. The molecule has 2 atom stereocenters. The Labute approximate surface area is 248 Å². The number of hydrogen-bond acceptors (Lipinski definition) is 7. The van der Waals surface area contributed by atoms with Crippen molar-refractivity contribution < 1.29 is 27.8 Å². The second-order valence-corrected chi connectivity index (χ2v) is 10.8. The monoisotopic (exact) mass is 599 g/mol. The van der Waals surface area contributed by atoms with E-state index in [0.717, 1.165) is 38.3 Å². The van der Waals surface area contributed by atoms with Gasteiger partial charge in [-0.3, -0.25) is 14.5 Å². The van der Waals surface area contributed by atoms with Crippen molar-refractivity contribution in [3.05, 3.63) is 76.3 Å². The van der Waals surface area contributed by atoms with Gasteiger partial charge < -0.3 is 24.6 Å². The van der Waals surface area contributed by atoms with Crippen LogP contribution < -0.4 is 24.6 Å². The highest BCUT2D eigenvalue weighted by Gasteiger charge is 2.45. The van der Waals surface area contributed by atoms with E-state index < -0.39 is 35.3 Å². The molecule has 1 N–H and O–H groups in total. The number of likely N-dealkylation sites (N-methyl/N-ethyl adjacent to an activating group) is 1. The topological polar surface area (TPSA) is 87.2 Å². The summed E-state index contributed by atoms with van der Waals surface area (Å²) in [5, 5.41) is 3.23. The zero-order valence-electron chi connectivity index (χ0n) is 23.6. The number of piperazine rings is 1. The van der Waals surface area contributed by atoms with E-state index in [1.165, 1.54) is 19.1 Å². The lowest BCUT2D eigenvalue weighted by Gasteiger charge is -2.33. The predicted octanol–water partition coefficient (Wildman–Crippen LogP) is 3.96. The van der Waals surface area contributed by atoms with E-state index in [4.69, 9.17) is 26.1 Å². The molecule has 2 saturated heterocycles. The van der Waals surface area contributed by atoms with Gasteiger partial charge in [-0.1, -0.05) is 11.6 Å². The molecule has 0 saturated carbocycles. The van der Waals surface area contributed by atoms with Crippen molar-refractivity contribution in [2.24, 2.45) is 5.92 Å². The van der Waals surface area contributed by atoms with E-state index >= 15 is 8.78 Å². The Morgan fingerprint density at radius 1 is 0.976 bits per heavy atom. The molecule has 0 bridgehead atoms. The molecular formula is C30H32ClF2N5O4. The number of carbonyl (C=O) groups excluding carboxylic acids is 2. The molecule has 1 aromatic heterocycles. The molecule has 9 nitrogen and oxygen atoms in total. The number of nitrogens with one attached hydrogen (secondary N) is 1. The molecule has 0 spiro atoms. The molecule has 12 heteroatoms. The van der Waals surface area contributed by atoms with Crippen LogP contribution in [0.4, 0.5) is 20.4 Å². The maximum absolute atomic E-state index is 15.3. The summed E-state index contributed by atoms with van der Waals surface area (Å²) in [5.74, 6) is -2.96. The highest BCUT2D eigenvalue weighted by molar-refractivity contribution is 6.30. The van der Waals surface area contributed by atoms with E-state index in [-0.39, 0.29) is 24.4 Å². The third kappa shape index (κ3) is 6.12. The minimum Gasteiger partial charge on any atom is -0.497 e. The number of ether oxygens (including phenoxy) is 2. The Balaban J connectivity index is 1.48. The lowest BCUT2D eigenvalue weighted by molar-refractivity contribution is -0.120. The number of methoxy groups -OCH3 is 2. The standard InChI is InChI=1S/C30H32ClF2N5O4/c1-36-8-10-37(11-9-36)26-14-21(42-3)15-27(35-26)38-17-23(28-24(32)12-20(41-2)13-25(28)33)22(30(38)40)16-34-29(39)18-4-6-19(31)7-5-18/h4-7,12-15,22-23H,8-11,16-17H2,1-3H3,(H,34,39)/t22?,23-/m1/s1. The fourth-order valence-electron chi connectivity index (χ4n) is 5.39. The normalized spacial score (nSPS) is 19.2. The summed E-state index contributed by atoms with van der Waals surface area (Å²) >= 11 is 5.94. The highest BCUT2D eigenvalue weighted by Crippen LogP contribution is 2.40. The van der Waals surface area contributed by atoms with Gasteiger partial charge >= 0.3 is 0 Å². The van der Waals surface area contributed by atoms with Crippen LogP contribution in [-0.2, 0) is 4.79 Å². The first-order valence-electron chi connectivity index (χ1n) is 13.6. The first kappa shape index (κ1) is 29.5. The molecule has 42 heavy (non-hydrogen) atoms. The molecule has 2 aromatic carbocycles. The highest BCUT2D eigenvalue weighted by atomic mass is 35.5. The van der Waals surface area contributed by atoms with E-state index in [1.807, 2.05) is 7.05 Å². The van der Waals surface area contributed by atoms with Crippen molar-refractivity contribution in [2.45, 2.75) is 5.92 Å². The molecule has 3 aromatic rings. The molecule has 222 valence electrons. The number of nitrogens with zero attached hydrogens (tertiary/aromatic N) is 4. The van der Waals surface area contributed by atoms with Crippen LogP contribution in [0.25, 0.3) is 0 Å². The molecule has 2 amide bonds. The first-order chi connectivity index (χ1) is 20.2. The third-order valence-electron chi connectivity index (χ3n) is 7.81. The average Bonchev–Trinajstić information content (AvgIpc) is 3.31. The van der Waals surface area contributed by atoms with Crippen LogP contribution in [0.1, 0.15) is 21.8 Å². The number of anilines is 2. The van der Waals surface area contributed by atoms with Crippen LogP contribution in [0.2, 0.25) is 5.02 Å². The number of pyridine rings is 1. The van der Waals surface area contributed by atoms with Crippen molar-refractivity contribution in [3.63, 3.8) is 0 Å². The molecule has 2 aliphatic heterocycles. The second kappa shape index (κ2) is 12.5. The van der Waals surface area contributed by atoms with Gasteiger partial charge in [0.05, 0.1) is 20.1 Å². The summed E-state index contributed by atoms with van der Waals surface area (Å²) in [6.45, 7) is 2.99. The smallest absolute Gasteiger partial charge is 0.251 e. The minimum absolute atomic E-state index is 0.0220. The molecule has 5 rings (SSSR count). The number of hydrogen-bond donors (Lipinski definition) is 1. The van der Waals surface area contributed by atoms with Crippen molar-refractivity contribution >= 4 is 35.1 Å². The summed E-state index contributed by atoms with van der Waals surface area (Å²) in [7, 11) is 4.89. The van der Waals surface area contributed by atoms with E-state index in [0.29, 0.717) is 28.0 Å². The van der Waals surface area contributed by atoms with Crippen molar-refractivity contribution in [3.8, 4) is 11.5 Å². The summed E-state index contributed by atoms with van der Waals surface area (Å²) < 4.78 is 41.2. The molecule has 3 heterocycles. The zero-order chi connectivity index (χ0) is 30.0. The van der Waals surface area contributed by atoms with Gasteiger partial charge in [0.15, 0.2) is 0 Å². The lowest BCUT2D eigenvalue weighted by atomic mass is 9.87. The van der Waals surface area contributed by atoms with Crippen LogP contribution >= 0.6 is 11.6 Å². The quantitative estimate of drug-likeness (QED) is 0.419. The zero-order valence-corrected chi connectivity index (χ0v) is 24.3. The average molecular weight is 600 g/mol. The summed E-state index contributed by atoms with van der Waals surface area (Å²) in [4.78, 5) is 37.3. The SMILES string of the molecule is COc1cc(N2CCN(C)CC2)nc(N2C[C@@H](c3c(F)cc(OC)cc3F)C(CNC(=O)c3ccc(Cl)cc3)C2=O)c1. The molecule has 2 aliphatic rings. The fraction of sp³-hybridized carbons (Fsp3) is 0.367. The van der Waals surface area contributed by atoms with Crippen LogP contribution in [0.3, 0.4) is 0 Å². The Kier molecular flexibility index (Phi) is 8.79. The number of rotatable bonds is 8. The van der Waals surface area contributed by atoms with Gasteiger partial charge in [-0.2, -0.15) is 0 Å². The summed E-state index contributed by atoms with van der Waals surface area (Å²) in [5.41, 5.74) is 0.0888. The number of aromatic nitrogens is 1. The fourth-order valence-corrected chi connectivity index (χ4v) is 5.51. The minimum atomic E-state index is -0.973. The largest absolute Gasteiger partial charge is 0.497 e. The predicted molar refractivity (Wildman–Crippen MR) is 156 cm³/mol. The van der Waals surface area contributed by atoms with Crippen LogP contribution in [-0.4, -0.2) is 82.2 Å². The number of carbonyl (C=O) groups is 2. The van der Waals surface area contributed by atoms with Gasteiger partial charge in [-0.25, -0.2) is 13.8 Å². The maximum Gasteiger partial charge on any atom is 0.251 e. The van der Waals surface area contributed by atoms with Gasteiger partial charge in [0.2, 0.25) is 5.91 Å². The molecule has 0 aliphatic carbocycles. The molecule has 2 fully saturated rings. The second-order valence-electron chi connectivity index (χ2n) is 10.4. The van der Waals surface area contributed by atoms with Crippen LogP contribution in [0, 0.1) is 17.6 Å². The van der Waals surface area contributed by atoms with Gasteiger partial charge in [-0.05, 0) is 31.3 Å².